The van der Waals surface area contributed by atoms with Gasteiger partial charge in [0.05, 0.1) is 6.04 Å². The molecule has 3 aliphatic heterocycles. The molecule has 0 aliphatic carbocycles. The highest BCUT2D eigenvalue weighted by Crippen LogP contribution is 2.33. The maximum Gasteiger partial charge on any atom is 0.239 e. The minimum absolute atomic E-state index is 0.00941. The first-order chi connectivity index (χ1) is 17.1. The highest BCUT2D eigenvalue weighted by Gasteiger charge is 2.33. The number of hydrogen-bond acceptors (Lipinski definition) is 5. The van der Waals surface area contributed by atoms with E-state index in [9.17, 15) is 9.59 Å². The fraction of sp³-hybridized carbons (Fsp3) is 0.517. The number of nitrogens with zero attached hydrogens (tertiary/aromatic N) is 2. The number of rotatable bonds is 6. The van der Waals surface area contributed by atoms with Gasteiger partial charge >= 0.3 is 0 Å². The molecule has 186 valence electrons. The van der Waals surface area contributed by atoms with Gasteiger partial charge in [-0.2, -0.15) is 0 Å². The van der Waals surface area contributed by atoms with Crippen LogP contribution in [0.25, 0.3) is 0 Å². The van der Waals surface area contributed by atoms with E-state index >= 15 is 0 Å². The molecule has 0 bridgehead atoms. The summed E-state index contributed by atoms with van der Waals surface area (Å²) in [5, 5.41) is 0. The Hall–Kier alpha value is -2.86. The molecule has 2 fully saturated rings. The fourth-order valence-corrected chi connectivity index (χ4v) is 5.71. The number of fused-ring (bicyclic) bond motifs is 1. The minimum atomic E-state index is -0.133. The summed E-state index contributed by atoms with van der Waals surface area (Å²) in [6.07, 6.45) is 4.80. The summed E-state index contributed by atoms with van der Waals surface area (Å²) in [5.74, 6) is 2.41. The van der Waals surface area contributed by atoms with Gasteiger partial charge in [-0.25, -0.2) is 0 Å². The molecule has 0 N–H and O–H groups in total. The van der Waals surface area contributed by atoms with Crippen molar-refractivity contribution in [1.29, 1.82) is 0 Å². The predicted molar refractivity (Wildman–Crippen MR) is 135 cm³/mol. The summed E-state index contributed by atoms with van der Waals surface area (Å²) in [4.78, 5) is 30.7. The van der Waals surface area contributed by atoms with Crippen LogP contribution in [0.15, 0.2) is 48.5 Å². The van der Waals surface area contributed by atoms with Gasteiger partial charge in [0.1, 0.15) is 13.2 Å². The molecule has 2 saturated heterocycles. The zero-order valence-electron chi connectivity index (χ0n) is 20.7. The van der Waals surface area contributed by atoms with Crippen LogP contribution in [0.1, 0.15) is 48.5 Å². The predicted octanol–water partition coefficient (Wildman–Crippen LogP) is 4.22. The number of piperidine rings is 2. The normalized spacial score (nSPS) is 20.4. The van der Waals surface area contributed by atoms with E-state index in [1.54, 1.807) is 0 Å². The highest BCUT2D eigenvalue weighted by molar-refractivity contribution is 5.98. The van der Waals surface area contributed by atoms with Crippen molar-refractivity contribution in [2.75, 3.05) is 39.4 Å². The van der Waals surface area contributed by atoms with E-state index in [4.69, 9.17) is 9.47 Å². The summed E-state index contributed by atoms with van der Waals surface area (Å²) in [7, 11) is 0. The Morgan fingerprint density at radius 1 is 0.886 bits per heavy atom. The Morgan fingerprint density at radius 3 is 2.29 bits per heavy atom. The number of ether oxygens (including phenoxy) is 2. The van der Waals surface area contributed by atoms with E-state index in [0.717, 1.165) is 58.3 Å². The van der Waals surface area contributed by atoms with Crippen molar-refractivity contribution in [3.05, 3.63) is 59.7 Å². The van der Waals surface area contributed by atoms with E-state index in [0.29, 0.717) is 36.2 Å². The second-order valence-electron chi connectivity index (χ2n) is 10.2. The Balaban J connectivity index is 1.09. The molecular weight excluding hydrogens is 440 g/mol. The Bertz CT molecular complexity index is 1020. The summed E-state index contributed by atoms with van der Waals surface area (Å²) < 4.78 is 11.2. The first-order valence-corrected chi connectivity index (χ1v) is 13.1. The van der Waals surface area contributed by atoms with Crippen LogP contribution in [-0.4, -0.2) is 66.9 Å². The third-order valence-corrected chi connectivity index (χ3v) is 7.93. The molecule has 35 heavy (non-hydrogen) atoms. The molecule has 2 aromatic carbocycles. The molecule has 3 heterocycles. The largest absolute Gasteiger partial charge is 0.486 e. The molecule has 1 atom stereocenters. The molecular formula is C29H36N2O4. The van der Waals surface area contributed by atoms with Crippen LogP contribution < -0.4 is 9.47 Å². The molecule has 0 spiro atoms. The van der Waals surface area contributed by atoms with Crippen LogP contribution in [0.2, 0.25) is 0 Å². The van der Waals surface area contributed by atoms with Crippen molar-refractivity contribution >= 4 is 11.7 Å². The number of hydrogen-bond donors (Lipinski definition) is 0. The maximum absolute atomic E-state index is 13.2. The lowest BCUT2D eigenvalue weighted by Crippen LogP contribution is -2.52. The standard InChI is InChI=1S/C29H36N2O4/c1-21(29(33)31-13-9-23(10-14-31)19-22-5-3-2-4-6-22)30-15-11-24(12-16-30)28(32)25-7-8-26-27(20-25)35-18-17-34-26/h2-8,20-21,23-24H,9-19H2,1H3/t21-/m1/s1. The lowest BCUT2D eigenvalue weighted by Gasteiger charge is -2.39. The van der Waals surface area contributed by atoms with Crippen LogP contribution in [0.3, 0.4) is 0 Å². The van der Waals surface area contributed by atoms with Gasteiger partial charge in [-0.1, -0.05) is 30.3 Å². The van der Waals surface area contributed by atoms with Gasteiger partial charge in [0.15, 0.2) is 17.3 Å². The summed E-state index contributed by atoms with van der Waals surface area (Å²) in [6, 6.07) is 16.0. The summed E-state index contributed by atoms with van der Waals surface area (Å²) in [6.45, 7) is 6.33. The van der Waals surface area contributed by atoms with Crippen molar-refractivity contribution in [3.8, 4) is 11.5 Å². The van der Waals surface area contributed by atoms with E-state index in [-0.39, 0.29) is 23.7 Å². The number of carbonyl (C=O) groups excluding carboxylic acids is 2. The van der Waals surface area contributed by atoms with Gasteiger partial charge in [-0.3, -0.25) is 14.5 Å². The monoisotopic (exact) mass is 476 g/mol. The van der Waals surface area contributed by atoms with E-state index in [2.05, 4.69) is 40.1 Å². The van der Waals surface area contributed by atoms with Gasteiger partial charge < -0.3 is 14.4 Å². The van der Waals surface area contributed by atoms with Crippen LogP contribution in [0.5, 0.6) is 11.5 Å². The smallest absolute Gasteiger partial charge is 0.239 e. The van der Waals surface area contributed by atoms with Crippen LogP contribution in [-0.2, 0) is 11.2 Å². The summed E-state index contributed by atoms with van der Waals surface area (Å²) >= 11 is 0. The lowest BCUT2D eigenvalue weighted by molar-refractivity contribution is -0.138. The second kappa shape index (κ2) is 10.8. The van der Waals surface area contributed by atoms with Crippen molar-refractivity contribution in [2.45, 2.75) is 45.1 Å². The molecule has 0 aromatic heterocycles. The number of amides is 1. The van der Waals surface area contributed by atoms with E-state index in [1.165, 1.54) is 5.56 Å². The number of likely N-dealkylation sites (tertiary alicyclic amines) is 2. The number of benzene rings is 2. The third-order valence-electron chi connectivity index (χ3n) is 7.93. The second-order valence-corrected chi connectivity index (χ2v) is 10.2. The van der Waals surface area contributed by atoms with Crippen LogP contribution in [0, 0.1) is 11.8 Å². The van der Waals surface area contributed by atoms with Gasteiger partial charge in [-0.05, 0) is 81.8 Å². The van der Waals surface area contributed by atoms with Crippen molar-refractivity contribution in [2.24, 2.45) is 11.8 Å². The van der Waals surface area contributed by atoms with Crippen molar-refractivity contribution in [3.63, 3.8) is 0 Å². The molecule has 5 rings (SSSR count). The lowest BCUT2D eigenvalue weighted by atomic mass is 9.88. The van der Waals surface area contributed by atoms with E-state index in [1.807, 2.05) is 25.1 Å². The van der Waals surface area contributed by atoms with E-state index < -0.39 is 0 Å². The topological polar surface area (TPSA) is 59.1 Å². The zero-order valence-corrected chi connectivity index (χ0v) is 20.7. The number of Topliss-reactive ketones (excluding diaryl/α,β-unsaturated/α-hetero) is 1. The fourth-order valence-electron chi connectivity index (χ4n) is 5.71. The molecule has 3 aliphatic rings. The summed E-state index contributed by atoms with van der Waals surface area (Å²) in [5.41, 5.74) is 2.08. The quantitative estimate of drug-likeness (QED) is 0.584. The molecule has 6 nitrogen and oxygen atoms in total. The average Bonchev–Trinajstić information content (AvgIpc) is 2.92. The van der Waals surface area contributed by atoms with Gasteiger partial charge in [0.25, 0.3) is 0 Å². The van der Waals surface area contributed by atoms with Gasteiger partial charge in [0.2, 0.25) is 5.91 Å². The Morgan fingerprint density at radius 2 is 1.57 bits per heavy atom. The minimum Gasteiger partial charge on any atom is -0.486 e. The molecule has 0 saturated carbocycles. The maximum atomic E-state index is 13.2. The Labute approximate surface area is 208 Å². The highest BCUT2D eigenvalue weighted by atomic mass is 16.6. The Kier molecular flexibility index (Phi) is 7.37. The molecule has 2 aromatic rings. The number of carbonyl (C=O) groups is 2. The van der Waals surface area contributed by atoms with Gasteiger partial charge in [0, 0.05) is 24.6 Å². The van der Waals surface area contributed by atoms with Crippen molar-refractivity contribution < 1.29 is 19.1 Å². The van der Waals surface area contributed by atoms with Crippen molar-refractivity contribution in [1.82, 2.24) is 9.80 Å². The first kappa shape index (κ1) is 23.9. The molecule has 0 radical (unpaired) electrons. The first-order valence-electron chi connectivity index (χ1n) is 13.1. The third kappa shape index (κ3) is 5.53. The van der Waals surface area contributed by atoms with Crippen LogP contribution >= 0.6 is 0 Å². The zero-order chi connectivity index (χ0) is 24.2. The number of ketones is 1. The average molecular weight is 477 g/mol. The molecule has 6 heteroatoms. The SMILES string of the molecule is C[C@H](C(=O)N1CCC(Cc2ccccc2)CC1)N1CCC(C(=O)c2ccc3c(c2)OCCO3)CC1. The van der Waals surface area contributed by atoms with Gasteiger partial charge in [-0.15, -0.1) is 0 Å². The molecule has 1 amide bonds. The molecule has 0 unspecified atom stereocenters. The van der Waals surface area contributed by atoms with Crippen LogP contribution in [0.4, 0.5) is 0 Å².